The van der Waals surface area contributed by atoms with Crippen LogP contribution in [-0.2, 0) is 19.6 Å². The molecule has 0 heterocycles. The number of nitrogens with one attached hydrogen (secondary N) is 1. The van der Waals surface area contributed by atoms with Crippen LogP contribution in [0.1, 0.15) is 18.9 Å². The van der Waals surface area contributed by atoms with Crippen molar-refractivity contribution >= 4 is 16.0 Å². The van der Waals surface area contributed by atoms with Crippen molar-refractivity contribution in [1.29, 1.82) is 0 Å². The molecule has 0 amide bonds. The van der Waals surface area contributed by atoms with Crippen LogP contribution in [0.15, 0.2) is 29.2 Å². The summed E-state index contributed by atoms with van der Waals surface area (Å²) in [6, 6.07) is 5.92. The third kappa shape index (κ3) is 5.95. The normalized spacial score (nSPS) is 10.6. The second kappa shape index (κ2) is 8.42. The van der Waals surface area contributed by atoms with Crippen molar-refractivity contribution in [1.82, 2.24) is 4.72 Å². The molecule has 0 aliphatic rings. The van der Waals surface area contributed by atoms with Crippen LogP contribution in [-0.4, -0.2) is 39.3 Å². The molecule has 2 N–H and O–H groups in total. The fourth-order valence-corrected chi connectivity index (χ4v) is 2.36. The Hall–Kier alpha value is -1.88. The van der Waals surface area contributed by atoms with Crippen molar-refractivity contribution in [2.45, 2.75) is 18.2 Å². The fourth-order valence-electron chi connectivity index (χ4n) is 1.39. The van der Waals surface area contributed by atoms with Gasteiger partial charge in [0.1, 0.15) is 6.54 Å². The van der Waals surface area contributed by atoms with Crippen LogP contribution >= 0.6 is 0 Å². The molecule has 1 aromatic rings. The van der Waals surface area contributed by atoms with Gasteiger partial charge in [0.05, 0.1) is 18.1 Å². The van der Waals surface area contributed by atoms with Gasteiger partial charge in [-0.2, -0.15) is 4.72 Å². The Bertz CT molecular complexity index is 626. The highest BCUT2D eigenvalue weighted by molar-refractivity contribution is 7.89. The smallest absolute Gasteiger partial charge is 0.321 e. The summed E-state index contributed by atoms with van der Waals surface area (Å²) >= 11 is 0. The largest absolute Gasteiger partial charge is 0.465 e. The molecule has 1 rings (SSSR count). The van der Waals surface area contributed by atoms with E-state index in [1.54, 1.807) is 19.1 Å². The minimum atomic E-state index is -3.75. The summed E-state index contributed by atoms with van der Waals surface area (Å²) in [7, 11) is -3.75. The van der Waals surface area contributed by atoms with E-state index in [1.165, 1.54) is 12.1 Å². The van der Waals surface area contributed by atoms with E-state index in [0.717, 1.165) is 0 Å². The average Bonchev–Trinajstić information content (AvgIpc) is 2.46. The van der Waals surface area contributed by atoms with Crippen LogP contribution in [0.4, 0.5) is 0 Å². The van der Waals surface area contributed by atoms with Gasteiger partial charge in [0.2, 0.25) is 10.0 Å². The van der Waals surface area contributed by atoms with Crippen molar-refractivity contribution in [3.05, 3.63) is 29.8 Å². The fraction of sp³-hybridized carbons (Fsp3) is 0.357. The summed E-state index contributed by atoms with van der Waals surface area (Å²) in [5, 5.41) is 8.61. The van der Waals surface area contributed by atoms with E-state index in [4.69, 9.17) is 5.11 Å². The molecule has 0 aromatic heterocycles. The van der Waals surface area contributed by atoms with E-state index in [9.17, 15) is 13.2 Å². The molecule has 0 aliphatic carbocycles. The molecule has 0 unspecified atom stereocenters. The van der Waals surface area contributed by atoms with Crippen LogP contribution in [0.25, 0.3) is 0 Å². The lowest BCUT2D eigenvalue weighted by Crippen LogP contribution is -2.30. The predicted octanol–water partition coefficient (Wildman–Crippen LogP) is 0.262. The Morgan fingerprint density at radius 1 is 1.33 bits per heavy atom. The molecule has 0 atom stereocenters. The maximum atomic E-state index is 11.9. The van der Waals surface area contributed by atoms with Gasteiger partial charge in [-0.1, -0.05) is 11.8 Å². The first-order chi connectivity index (χ1) is 9.99. The maximum absolute atomic E-state index is 11.9. The summed E-state index contributed by atoms with van der Waals surface area (Å²) in [6.45, 7) is 1.41. The van der Waals surface area contributed by atoms with Gasteiger partial charge in [-0.15, -0.1) is 0 Å². The quantitative estimate of drug-likeness (QED) is 0.581. The van der Waals surface area contributed by atoms with Gasteiger partial charge in [0.25, 0.3) is 0 Å². The minimum absolute atomic E-state index is 0.0166. The first-order valence-corrected chi connectivity index (χ1v) is 7.83. The number of hydrogen-bond donors (Lipinski definition) is 2. The number of carbonyl (C=O) groups excluding carboxylic acids is 1. The topological polar surface area (TPSA) is 92.7 Å². The van der Waals surface area contributed by atoms with Crippen molar-refractivity contribution in [2.24, 2.45) is 0 Å². The van der Waals surface area contributed by atoms with Crippen LogP contribution in [0.2, 0.25) is 0 Å². The number of benzene rings is 1. The number of aliphatic hydroxyl groups excluding tert-OH is 1. The summed E-state index contributed by atoms with van der Waals surface area (Å²) < 4.78 is 30.7. The summed E-state index contributed by atoms with van der Waals surface area (Å²) in [5.74, 6) is 4.90. The van der Waals surface area contributed by atoms with Crippen molar-refractivity contribution in [3.8, 4) is 11.8 Å². The lowest BCUT2D eigenvalue weighted by atomic mass is 10.2. The molecule has 6 nitrogen and oxygen atoms in total. The zero-order valence-electron chi connectivity index (χ0n) is 11.6. The second-order valence-electron chi connectivity index (χ2n) is 3.93. The number of sulfonamides is 1. The highest BCUT2D eigenvalue weighted by Crippen LogP contribution is 2.09. The van der Waals surface area contributed by atoms with Gasteiger partial charge in [0.15, 0.2) is 0 Å². The zero-order chi connectivity index (χ0) is 15.7. The van der Waals surface area contributed by atoms with Gasteiger partial charge < -0.3 is 9.84 Å². The Morgan fingerprint density at radius 2 is 2.00 bits per heavy atom. The molecule has 0 radical (unpaired) electrons. The summed E-state index contributed by atoms with van der Waals surface area (Å²) in [6.07, 6.45) is 0.362. The van der Waals surface area contributed by atoms with E-state index in [1.807, 2.05) is 0 Å². The highest BCUT2D eigenvalue weighted by atomic mass is 32.2. The standard InChI is InChI=1S/C14H17NO5S/c1-2-20-14(17)11-15-21(18,19)13-8-6-12(7-9-13)5-3-4-10-16/h6-9,15-16H,2,4,10-11H2,1H3. The number of hydrogen-bond acceptors (Lipinski definition) is 5. The number of aliphatic hydroxyl groups is 1. The molecule has 0 aliphatic heterocycles. The minimum Gasteiger partial charge on any atom is -0.465 e. The average molecular weight is 311 g/mol. The predicted molar refractivity (Wildman–Crippen MR) is 76.8 cm³/mol. The van der Waals surface area contributed by atoms with Gasteiger partial charge >= 0.3 is 5.97 Å². The van der Waals surface area contributed by atoms with Crippen molar-refractivity contribution in [3.63, 3.8) is 0 Å². The lowest BCUT2D eigenvalue weighted by Gasteiger charge is -2.06. The number of esters is 1. The van der Waals surface area contributed by atoms with Crippen LogP contribution in [0.5, 0.6) is 0 Å². The first-order valence-electron chi connectivity index (χ1n) is 6.34. The maximum Gasteiger partial charge on any atom is 0.321 e. The Morgan fingerprint density at radius 3 is 2.57 bits per heavy atom. The van der Waals surface area contributed by atoms with Gasteiger partial charge in [0, 0.05) is 12.0 Å². The third-order valence-electron chi connectivity index (χ3n) is 2.35. The lowest BCUT2D eigenvalue weighted by molar-refractivity contribution is -0.141. The van der Waals surface area contributed by atoms with E-state index in [0.29, 0.717) is 12.0 Å². The van der Waals surface area contributed by atoms with Crippen LogP contribution in [0.3, 0.4) is 0 Å². The monoisotopic (exact) mass is 311 g/mol. The van der Waals surface area contributed by atoms with E-state index < -0.39 is 22.5 Å². The number of rotatable bonds is 6. The van der Waals surface area contributed by atoms with Crippen LogP contribution < -0.4 is 4.72 Å². The van der Waals surface area contributed by atoms with Gasteiger partial charge in [-0.25, -0.2) is 8.42 Å². The molecular formula is C14H17NO5S. The molecule has 114 valence electrons. The Kier molecular flexibility index (Phi) is 6.88. The molecule has 21 heavy (non-hydrogen) atoms. The molecule has 0 fully saturated rings. The van der Waals surface area contributed by atoms with E-state index in [-0.39, 0.29) is 18.1 Å². The molecule has 0 bridgehead atoms. The first kappa shape index (κ1) is 17.2. The van der Waals surface area contributed by atoms with E-state index in [2.05, 4.69) is 21.3 Å². The SMILES string of the molecule is CCOC(=O)CNS(=O)(=O)c1ccc(C#CCCO)cc1. The molecule has 0 saturated heterocycles. The zero-order valence-corrected chi connectivity index (χ0v) is 12.4. The molecule has 1 aromatic carbocycles. The molecule has 0 saturated carbocycles. The molecular weight excluding hydrogens is 294 g/mol. The van der Waals surface area contributed by atoms with Gasteiger partial charge in [-0.05, 0) is 31.2 Å². The van der Waals surface area contributed by atoms with Gasteiger partial charge in [-0.3, -0.25) is 4.79 Å². The number of ether oxygens (including phenoxy) is 1. The second-order valence-corrected chi connectivity index (χ2v) is 5.70. The summed E-state index contributed by atoms with van der Waals surface area (Å²) in [5.41, 5.74) is 0.646. The van der Waals surface area contributed by atoms with E-state index >= 15 is 0 Å². The van der Waals surface area contributed by atoms with Crippen molar-refractivity contribution < 1.29 is 23.1 Å². The summed E-state index contributed by atoms with van der Waals surface area (Å²) in [4.78, 5) is 11.2. The van der Waals surface area contributed by atoms with Crippen LogP contribution in [0, 0.1) is 11.8 Å². The number of carbonyl (C=O) groups is 1. The molecule has 0 spiro atoms. The third-order valence-corrected chi connectivity index (χ3v) is 3.76. The Balaban J connectivity index is 2.72. The molecule has 7 heteroatoms. The Labute approximate surface area is 124 Å². The highest BCUT2D eigenvalue weighted by Gasteiger charge is 2.15. The van der Waals surface area contributed by atoms with Crippen molar-refractivity contribution in [2.75, 3.05) is 19.8 Å².